The molecular formula is C14H30N2O. The minimum absolute atomic E-state index is 0.0692. The van der Waals surface area contributed by atoms with Crippen LogP contribution in [0.3, 0.4) is 0 Å². The van der Waals surface area contributed by atoms with Gasteiger partial charge in [0.25, 0.3) is 0 Å². The number of aliphatic hydroxyl groups is 1. The van der Waals surface area contributed by atoms with Crippen molar-refractivity contribution in [3.05, 3.63) is 0 Å². The molecule has 1 heterocycles. The van der Waals surface area contributed by atoms with Crippen LogP contribution in [0, 0.1) is 11.8 Å². The highest BCUT2D eigenvalue weighted by molar-refractivity contribution is 4.85. The molecule has 0 aromatic rings. The van der Waals surface area contributed by atoms with Gasteiger partial charge in [0.2, 0.25) is 0 Å². The second-order valence-corrected chi connectivity index (χ2v) is 6.48. The van der Waals surface area contributed by atoms with Gasteiger partial charge in [0.05, 0.1) is 6.61 Å². The van der Waals surface area contributed by atoms with Gasteiger partial charge >= 0.3 is 0 Å². The SMILES string of the molecule is CC(C)C1CCN(C(C)CC(C)(N)CO)CC1. The Hall–Kier alpha value is -0.120. The molecule has 1 fully saturated rings. The predicted molar refractivity (Wildman–Crippen MR) is 72.9 cm³/mol. The number of hydrogen-bond acceptors (Lipinski definition) is 3. The normalized spacial score (nSPS) is 24.9. The van der Waals surface area contributed by atoms with E-state index in [9.17, 15) is 5.11 Å². The third-order valence-electron chi connectivity index (χ3n) is 4.26. The molecule has 17 heavy (non-hydrogen) atoms. The second kappa shape index (κ2) is 6.17. The van der Waals surface area contributed by atoms with Crippen LogP contribution in [-0.2, 0) is 0 Å². The van der Waals surface area contributed by atoms with Crippen molar-refractivity contribution in [3.63, 3.8) is 0 Å². The maximum atomic E-state index is 9.21. The Balaban J connectivity index is 2.38. The quantitative estimate of drug-likeness (QED) is 0.773. The first kappa shape index (κ1) is 14.9. The zero-order valence-electron chi connectivity index (χ0n) is 11.9. The summed E-state index contributed by atoms with van der Waals surface area (Å²) in [5, 5.41) is 9.21. The summed E-state index contributed by atoms with van der Waals surface area (Å²) in [5.41, 5.74) is 5.59. The molecule has 3 nitrogen and oxygen atoms in total. The number of nitrogens with two attached hydrogens (primary N) is 1. The van der Waals surface area contributed by atoms with Crippen LogP contribution >= 0.6 is 0 Å². The van der Waals surface area contributed by atoms with Crippen LogP contribution in [0.15, 0.2) is 0 Å². The molecule has 0 aromatic carbocycles. The lowest BCUT2D eigenvalue weighted by Crippen LogP contribution is -2.49. The molecule has 2 unspecified atom stereocenters. The van der Waals surface area contributed by atoms with Gasteiger partial charge in [-0.25, -0.2) is 0 Å². The summed E-state index contributed by atoms with van der Waals surface area (Å²) in [7, 11) is 0. The summed E-state index contributed by atoms with van der Waals surface area (Å²) in [6.07, 6.45) is 3.49. The Kier molecular flexibility index (Phi) is 5.42. The molecule has 2 atom stereocenters. The Morgan fingerprint density at radius 1 is 1.29 bits per heavy atom. The van der Waals surface area contributed by atoms with E-state index in [0.29, 0.717) is 6.04 Å². The van der Waals surface area contributed by atoms with Crippen LogP contribution in [-0.4, -0.2) is 41.3 Å². The minimum atomic E-state index is -0.436. The van der Waals surface area contributed by atoms with Gasteiger partial charge < -0.3 is 15.7 Å². The largest absolute Gasteiger partial charge is 0.394 e. The van der Waals surface area contributed by atoms with Crippen LogP contribution < -0.4 is 5.73 Å². The van der Waals surface area contributed by atoms with Crippen molar-refractivity contribution in [1.82, 2.24) is 4.90 Å². The van der Waals surface area contributed by atoms with E-state index in [1.807, 2.05) is 6.92 Å². The zero-order chi connectivity index (χ0) is 13.1. The van der Waals surface area contributed by atoms with E-state index >= 15 is 0 Å². The molecule has 3 heteroatoms. The van der Waals surface area contributed by atoms with Gasteiger partial charge in [0.15, 0.2) is 0 Å². The Morgan fingerprint density at radius 2 is 1.82 bits per heavy atom. The van der Waals surface area contributed by atoms with E-state index in [2.05, 4.69) is 25.7 Å². The number of hydrogen-bond donors (Lipinski definition) is 2. The molecule has 0 radical (unpaired) electrons. The van der Waals surface area contributed by atoms with E-state index in [0.717, 1.165) is 18.3 Å². The van der Waals surface area contributed by atoms with Gasteiger partial charge in [-0.15, -0.1) is 0 Å². The Bertz CT molecular complexity index is 220. The van der Waals surface area contributed by atoms with E-state index in [1.165, 1.54) is 25.9 Å². The monoisotopic (exact) mass is 242 g/mol. The standard InChI is InChI=1S/C14H30N2O/c1-11(2)13-5-7-16(8-6-13)12(3)9-14(4,15)10-17/h11-13,17H,5-10,15H2,1-4H3. The lowest BCUT2D eigenvalue weighted by Gasteiger charge is -2.39. The predicted octanol–water partition coefficient (Wildman–Crippen LogP) is 1.84. The molecule has 0 spiro atoms. The van der Waals surface area contributed by atoms with Crippen molar-refractivity contribution in [2.45, 2.75) is 58.5 Å². The van der Waals surface area contributed by atoms with Crippen molar-refractivity contribution in [1.29, 1.82) is 0 Å². The fraction of sp³-hybridized carbons (Fsp3) is 1.00. The first-order valence-electron chi connectivity index (χ1n) is 6.99. The molecule has 1 saturated heterocycles. The maximum absolute atomic E-state index is 9.21. The van der Waals surface area contributed by atoms with Crippen LogP contribution in [0.4, 0.5) is 0 Å². The number of piperidine rings is 1. The van der Waals surface area contributed by atoms with Crippen LogP contribution in [0.5, 0.6) is 0 Å². The zero-order valence-corrected chi connectivity index (χ0v) is 11.9. The summed E-state index contributed by atoms with van der Waals surface area (Å²) in [4.78, 5) is 2.53. The Morgan fingerprint density at radius 3 is 2.24 bits per heavy atom. The molecule has 3 N–H and O–H groups in total. The van der Waals surface area contributed by atoms with Gasteiger partial charge in [-0.1, -0.05) is 13.8 Å². The summed E-state index contributed by atoms with van der Waals surface area (Å²) in [5.74, 6) is 1.70. The number of rotatable bonds is 5. The van der Waals surface area contributed by atoms with Crippen molar-refractivity contribution in [2.75, 3.05) is 19.7 Å². The molecule has 102 valence electrons. The summed E-state index contributed by atoms with van der Waals surface area (Å²) in [6.45, 7) is 11.3. The van der Waals surface area contributed by atoms with Crippen molar-refractivity contribution in [2.24, 2.45) is 17.6 Å². The topological polar surface area (TPSA) is 49.5 Å². The fourth-order valence-corrected chi connectivity index (χ4v) is 2.90. The van der Waals surface area contributed by atoms with E-state index < -0.39 is 5.54 Å². The van der Waals surface area contributed by atoms with E-state index in [4.69, 9.17) is 5.73 Å². The number of likely N-dealkylation sites (tertiary alicyclic amines) is 1. The van der Waals surface area contributed by atoms with Gasteiger partial charge in [0.1, 0.15) is 0 Å². The van der Waals surface area contributed by atoms with E-state index in [1.54, 1.807) is 0 Å². The number of aliphatic hydroxyl groups excluding tert-OH is 1. The van der Waals surface area contributed by atoms with Crippen molar-refractivity contribution >= 4 is 0 Å². The highest BCUT2D eigenvalue weighted by Crippen LogP contribution is 2.26. The van der Waals surface area contributed by atoms with Crippen molar-refractivity contribution in [3.8, 4) is 0 Å². The van der Waals surface area contributed by atoms with Gasteiger partial charge in [-0.3, -0.25) is 0 Å². The molecule has 0 saturated carbocycles. The van der Waals surface area contributed by atoms with Gasteiger partial charge in [-0.05, 0) is 58.0 Å². The molecule has 1 rings (SSSR count). The Labute approximate surface area is 106 Å². The first-order valence-corrected chi connectivity index (χ1v) is 6.99. The molecular weight excluding hydrogens is 212 g/mol. The third kappa shape index (κ3) is 4.57. The fourth-order valence-electron chi connectivity index (χ4n) is 2.90. The molecule has 0 bridgehead atoms. The maximum Gasteiger partial charge on any atom is 0.0609 e. The molecule has 0 aromatic heterocycles. The lowest BCUT2D eigenvalue weighted by atomic mass is 9.85. The highest BCUT2D eigenvalue weighted by Gasteiger charge is 2.28. The molecule has 1 aliphatic heterocycles. The smallest absolute Gasteiger partial charge is 0.0609 e. The lowest BCUT2D eigenvalue weighted by molar-refractivity contribution is 0.0930. The summed E-state index contributed by atoms with van der Waals surface area (Å²) in [6, 6.07) is 0.477. The molecule has 0 amide bonds. The van der Waals surface area contributed by atoms with Gasteiger partial charge in [0, 0.05) is 11.6 Å². The highest BCUT2D eigenvalue weighted by atomic mass is 16.3. The summed E-state index contributed by atoms with van der Waals surface area (Å²) >= 11 is 0. The average Bonchev–Trinajstić information content (AvgIpc) is 2.28. The first-order chi connectivity index (χ1) is 7.85. The molecule has 1 aliphatic rings. The van der Waals surface area contributed by atoms with Gasteiger partial charge in [-0.2, -0.15) is 0 Å². The third-order valence-corrected chi connectivity index (χ3v) is 4.26. The average molecular weight is 242 g/mol. The van der Waals surface area contributed by atoms with Crippen LogP contribution in [0.2, 0.25) is 0 Å². The van der Waals surface area contributed by atoms with Crippen LogP contribution in [0.1, 0.15) is 47.0 Å². The number of nitrogens with zero attached hydrogens (tertiary/aromatic N) is 1. The van der Waals surface area contributed by atoms with Crippen LogP contribution in [0.25, 0.3) is 0 Å². The molecule has 0 aliphatic carbocycles. The second-order valence-electron chi connectivity index (χ2n) is 6.48. The summed E-state index contributed by atoms with van der Waals surface area (Å²) < 4.78 is 0. The van der Waals surface area contributed by atoms with Crippen molar-refractivity contribution < 1.29 is 5.11 Å². The minimum Gasteiger partial charge on any atom is -0.394 e. The van der Waals surface area contributed by atoms with E-state index in [-0.39, 0.29) is 6.61 Å².